The molecule has 0 saturated heterocycles. The topological polar surface area (TPSA) is 17.3 Å². The molecule has 0 saturated carbocycles. The molecule has 0 atom stereocenters. The summed E-state index contributed by atoms with van der Waals surface area (Å²) in [4.78, 5) is 0. The predicted octanol–water partition coefficient (Wildman–Crippen LogP) is 5.62. The average molecular weight is 308 g/mol. The third kappa shape index (κ3) is 1.86. The molecular weight excluding hydrogens is 292 g/mol. The molecule has 0 unspecified atom stereocenters. The van der Waals surface area contributed by atoms with Crippen molar-refractivity contribution >= 4 is 27.2 Å². The van der Waals surface area contributed by atoms with Crippen molar-refractivity contribution in [3.8, 4) is 11.3 Å². The van der Waals surface area contributed by atoms with Crippen molar-refractivity contribution in [1.82, 2.24) is 9.61 Å². The number of aromatic nitrogens is 2. The van der Waals surface area contributed by atoms with Gasteiger partial charge in [-0.2, -0.15) is 5.10 Å². The number of rotatable bonds is 1. The Morgan fingerprint density at radius 3 is 2.42 bits per heavy atom. The standard InChI is InChI=1S/C22H16N2/c1-15-7-6-9-17(13-15)21-14-16-8-2-3-10-18(16)22-19-11-4-5-12-20(19)23-24(21)22/h2-14H,1H3. The first kappa shape index (κ1) is 13.3. The third-order valence-corrected chi connectivity index (χ3v) is 4.63. The number of hydrogen-bond acceptors (Lipinski definition) is 1. The Labute approximate surface area is 140 Å². The van der Waals surface area contributed by atoms with Gasteiger partial charge in [-0.3, -0.25) is 0 Å². The van der Waals surface area contributed by atoms with Crippen LogP contribution in [0.4, 0.5) is 0 Å². The van der Waals surface area contributed by atoms with Gasteiger partial charge in [0.25, 0.3) is 0 Å². The monoisotopic (exact) mass is 308 g/mol. The van der Waals surface area contributed by atoms with Gasteiger partial charge in [-0.05, 0) is 30.5 Å². The molecule has 5 aromatic rings. The first-order valence-corrected chi connectivity index (χ1v) is 8.17. The molecule has 2 nitrogen and oxygen atoms in total. The lowest BCUT2D eigenvalue weighted by Crippen LogP contribution is -1.95. The van der Waals surface area contributed by atoms with Crippen molar-refractivity contribution in [3.63, 3.8) is 0 Å². The van der Waals surface area contributed by atoms with Gasteiger partial charge in [-0.25, -0.2) is 4.52 Å². The van der Waals surface area contributed by atoms with Crippen molar-refractivity contribution in [1.29, 1.82) is 0 Å². The molecule has 2 heteroatoms. The number of fused-ring (bicyclic) bond motifs is 5. The Morgan fingerprint density at radius 1 is 0.750 bits per heavy atom. The van der Waals surface area contributed by atoms with E-state index in [9.17, 15) is 0 Å². The number of benzene rings is 3. The largest absolute Gasteiger partial charge is 0.231 e. The van der Waals surface area contributed by atoms with E-state index in [-0.39, 0.29) is 0 Å². The lowest BCUT2D eigenvalue weighted by Gasteiger charge is -2.09. The molecule has 5 rings (SSSR count). The highest BCUT2D eigenvalue weighted by Gasteiger charge is 2.13. The first-order valence-electron chi connectivity index (χ1n) is 8.17. The van der Waals surface area contributed by atoms with Crippen molar-refractivity contribution in [2.75, 3.05) is 0 Å². The fourth-order valence-corrected chi connectivity index (χ4v) is 3.52. The smallest absolute Gasteiger partial charge is 0.0934 e. The summed E-state index contributed by atoms with van der Waals surface area (Å²) in [5.74, 6) is 0. The number of pyridine rings is 1. The summed E-state index contributed by atoms with van der Waals surface area (Å²) in [5, 5.41) is 8.57. The molecule has 2 heterocycles. The summed E-state index contributed by atoms with van der Waals surface area (Å²) in [6, 6.07) is 27.8. The zero-order valence-electron chi connectivity index (χ0n) is 13.4. The predicted molar refractivity (Wildman–Crippen MR) is 100 cm³/mol. The molecule has 0 aliphatic carbocycles. The number of nitrogens with zero attached hydrogens (tertiary/aromatic N) is 2. The van der Waals surface area contributed by atoms with Crippen LogP contribution < -0.4 is 0 Å². The van der Waals surface area contributed by atoms with Gasteiger partial charge in [0.05, 0.1) is 16.7 Å². The molecule has 0 aliphatic rings. The lowest BCUT2D eigenvalue weighted by atomic mass is 10.0. The molecule has 0 radical (unpaired) electrons. The van der Waals surface area contributed by atoms with E-state index in [0.29, 0.717) is 0 Å². The van der Waals surface area contributed by atoms with Gasteiger partial charge in [-0.15, -0.1) is 0 Å². The van der Waals surface area contributed by atoms with Gasteiger partial charge in [0.2, 0.25) is 0 Å². The van der Waals surface area contributed by atoms with Crippen LogP contribution in [0, 0.1) is 6.92 Å². The van der Waals surface area contributed by atoms with Crippen LogP contribution in [0.25, 0.3) is 38.4 Å². The van der Waals surface area contributed by atoms with Crippen LogP contribution in [0.15, 0.2) is 78.9 Å². The number of hydrogen-bond donors (Lipinski definition) is 0. The van der Waals surface area contributed by atoms with Crippen LogP contribution >= 0.6 is 0 Å². The van der Waals surface area contributed by atoms with Gasteiger partial charge in [0, 0.05) is 16.3 Å². The van der Waals surface area contributed by atoms with Crippen molar-refractivity contribution in [2.45, 2.75) is 6.92 Å². The highest BCUT2D eigenvalue weighted by Crippen LogP contribution is 2.32. The maximum atomic E-state index is 4.89. The normalized spacial score (nSPS) is 11.5. The minimum Gasteiger partial charge on any atom is -0.231 e. The second-order valence-corrected chi connectivity index (χ2v) is 6.26. The van der Waals surface area contributed by atoms with E-state index in [1.807, 2.05) is 6.07 Å². The van der Waals surface area contributed by atoms with E-state index in [0.717, 1.165) is 11.2 Å². The number of aryl methyl sites for hydroxylation is 1. The molecule has 3 aromatic carbocycles. The van der Waals surface area contributed by atoms with Gasteiger partial charge in [0.1, 0.15) is 0 Å². The zero-order chi connectivity index (χ0) is 16.1. The van der Waals surface area contributed by atoms with E-state index >= 15 is 0 Å². The Balaban J connectivity index is 2.03. The molecule has 0 N–H and O–H groups in total. The Bertz CT molecular complexity index is 1210. The minimum absolute atomic E-state index is 1.03. The van der Waals surface area contributed by atoms with Gasteiger partial charge >= 0.3 is 0 Å². The third-order valence-electron chi connectivity index (χ3n) is 4.63. The van der Waals surface area contributed by atoms with Gasteiger partial charge in [-0.1, -0.05) is 66.2 Å². The zero-order valence-corrected chi connectivity index (χ0v) is 13.4. The molecule has 0 spiro atoms. The molecule has 0 aliphatic heterocycles. The summed E-state index contributed by atoms with van der Waals surface area (Å²) >= 11 is 0. The van der Waals surface area contributed by atoms with E-state index in [4.69, 9.17) is 5.10 Å². The summed E-state index contributed by atoms with van der Waals surface area (Å²) in [6.45, 7) is 2.13. The summed E-state index contributed by atoms with van der Waals surface area (Å²) in [5.41, 5.74) is 5.79. The Hall–Kier alpha value is -3.13. The van der Waals surface area contributed by atoms with Crippen LogP contribution in [0.2, 0.25) is 0 Å². The quantitative estimate of drug-likeness (QED) is 0.393. The van der Waals surface area contributed by atoms with E-state index in [1.54, 1.807) is 0 Å². The molecular formula is C22H16N2. The Morgan fingerprint density at radius 2 is 1.54 bits per heavy atom. The van der Waals surface area contributed by atoms with Crippen molar-refractivity contribution in [3.05, 3.63) is 84.4 Å². The molecule has 0 amide bonds. The SMILES string of the molecule is Cc1cccc(-c2cc3ccccc3c3c4ccccc4nn23)c1. The first-order chi connectivity index (χ1) is 11.8. The second-order valence-electron chi connectivity index (χ2n) is 6.26. The van der Waals surface area contributed by atoms with Crippen LogP contribution in [0.1, 0.15) is 5.56 Å². The highest BCUT2D eigenvalue weighted by atomic mass is 15.2. The minimum atomic E-state index is 1.03. The van der Waals surface area contributed by atoms with Gasteiger partial charge in [0.15, 0.2) is 0 Å². The summed E-state index contributed by atoms with van der Waals surface area (Å²) in [6.07, 6.45) is 0. The highest BCUT2D eigenvalue weighted by molar-refractivity contribution is 6.10. The fraction of sp³-hybridized carbons (Fsp3) is 0.0455. The van der Waals surface area contributed by atoms with Crippen LogP contribution in [0.3, 0.4) is 0 Å². The lowest BCUT2D eigenvalue weighted by molar-refractivity contribution is 0.996. The van der Waals surface area contributed by atoms with Crippen molar-refractivity contribution < 1.29 is 0 Å². The second kappa shape index (κ2) is 4.93. The van der Waals surface area contributed by atoms with Crippen LogP contribution in [0.5, 0.6) is 0 Å². The Kier molecular flexibility index (Phi) is 2.74. The maximum absolute atomic E-state index is 4.89. The molecule has 2 aromatic heterocycles. The molecule has 0 fully saturated rings. The summed E-state index contributed by atoms with van der Waals surface area (Å²) in [7, 11) is 0. The fourth-order valence-electron chi connectivity index (χ4n) is 3.52. The van der Waals surface area contributed by atoms with Crippen LogP contribution in [-0.4, -0.2) is 9.61 Å². The van der Waals surface area contributed by atoms with Crippen molar-refractivity contribution in [2.24, 2.45) is 0 Å². The van der Waals surface area contributed by atoms with Crippen LogP contribution in [-0.2, 0) is 0 Å². The molecule has 24 heavy (non-hydrogen) atoms. The molecule has 114 valence electrons. The van der Waals surface area contributed by atoms with Gasteiger partial charge < -0.3 is 0 Å². The average Bonchev–Trinajstić information content (AvgIpc) is 3.01. The maximum Gasteiger partial charge on any atom is 0.0934 e. The molecule has 0 bridgehead atoms. The van der Waals surface area contributed by atoms with E-state index < -0.39 is 0 Å². The summed E-state index contributed by atoms with van der Waals surface area (Å²) < 4.78 is 2.10. The van der Waals surface area contributed by atoms with E-state index in [2.05, 4.69) is 84.2 Å². The van der Waals surface area contributed by atoms with E-state index in [1.165, 1.54) is 32.8 Å².